The number of nitrogens with one attached hydrogen (secondary N) is 1. The Morgan fingerprint density at radius 1 is 1.27 bits per heavy atom. The summed E-state index contributed by atoms with van der Waals surface area (Å²) < 4.78 is 13.0. The Kier molecular flexibility index (Phi) is 2.09. The number of halogens is 1. The molecule has 80 valence electrons. The number of fused-ring (bicyclic) bond motifs is 1. The van der Waals surface area contributed by atoms with E-state index in [1.165, 1.54) is 6.20 Å². The molecule has 2 aliphatic rings. The predicted octanol–water partition coefficient (Wildman–Crippen LogP) is 0.876. The normalized spacial score (nSPS) is 29.5. The number of anilines is 1. The largest absolute Gasteiger partial charge is 0.370 e. The highest BCUT2D eigenvalue weighted by Gasteiger charge is 2.36. The molecule has 3 heterocycles. The van der Waals surface area contributed by atoms with Crippen molar-refractivity contribution < 1.29 is 4.39 Å². The Bertz CT molecular complexity index is 357. The van der Waals surface area contributed by atoms with Gasteiger partial charge in [-0.15, -0.1) is 0 Å². The molecule has 0 radical (unpaired) electrons. The minimum absolute atomic E-state index is 0.248. The third kappa shape index (κ3) is 1.59. The van der Waals surface area contributed by atoms with Crippen molar-refractivity contribution in [2.45, 2.75) is 0 Å². The van der Waals surface area contributed by atoms with Crippen molar-refractivity contribution in [2.75, 3.05) is 31.1 Å². The first-order valence-corrected chi connectivity index (χ1v) is 5.39. The molecule has 2 atom stereocenters. The van der Waals surface area contributed by atoms with Gasteiger partial charge in [0.1, 0.15) is 5.82 Å². The third-order valence-electron chi connectivity index (χ3n) is 3.45. The van der Waals surface area contributed by atoms with Crippen LogP contribution in [0.5, 0.6) is 0 Å². The summed E-state index contributed by atoms with van der Waals surface area (Å²) in [6.07, 6.45) is 3.00. The molecular formula is C11H14FN3. The van der Waals surface area contributed by atoms with Gasteiger partial charge in [0.15, 0.2) is 0 Å². The average Bonchev–Trinajstić information content (AvgIpc) is 2.76. The molecule has 2 saturated heterocycles. The van der Waals surface area contributed by atoms with Crippen LogP contribution in [0, 0.1) is 17.7 Å². The van der Waals surface area contributed by atoms with Crippen LogP contribution in [0.4, 0.5) is 10.1 Å². The summed E-state index contributed by atoms with van der Waals surface area (Å²) in [6, 6.07) is 1.57. The van der Waals surface area contributed by atoms with Crippen molar-refractivity contribution in [1.82, 2.24) is 10.3 Å². The maximum atomic E-state index is 13.0. The zero-order chi connectivity index (χ0) is 10.3. The summed E-state index contributed by atoms with van der Waals surface area (Å²) in [7, 11) is 0. The molecule has 15 heavy (non-hydrogen) atoms. The fraction of sp³-hybridized carbons (Fsp3) is 0.545. The second kappa shape index (κ2) is 3.45. The zero-order valence-electron chi connectivity index (χ0n) is 8.49. The van der Waals surface area contributed by atoms with E-state index in [1.807, 2.05) is 0 Å². The minimum atomic E-state index is -0.248. The fourth-order valence-electron chi connectivity index (χ4n) is 2.64. The van der Waals surface area contributed by atoms with Crippen molar-refractivity contribution in [1.29, 1.82) is 0 Å². The molecule has 1 N–H and O–H groups in total. The lowest BCUT2D eigenvalue weighted by atomic mass is 10.0. The van der Waals surface area contributed by atoms with Crippen LogP contribution in [-0.2, 0) is 0 Å². The van der Waals surface area contributed by atoms with E-state index in [4.69, 9.17) is 0 Å². The van der Waals surface area contributed by atoms with Crippen LogP contribution in [0.1, 0.15) is 0 Å². The molecule has 0 aliphatic carbocycles. The van der Waals surface area contributed by atoms with E-state index in [1.54, 1.807) is 12.3 Å². The maximum absolute atomic E-state index is 13.0. The molecule has 3 nitrogen and oxygen atoms in total. The standard InChI is InChI=1S/C11H14FN3/c12-10-1-11(5-14-4-10)15-6-8-2-13-3-9(8)7-15/h1,4-5,8-9,13H,2-3,6-7H2/t8-,9+. The SMILES string of the molecule is Fc1cncc(N2C[C@H]3CNC[C@H]3C2)c1. The number of nitrogens with zero attached hydrogens (tertiary/aromatic N) is 2. The van der Waals surface area contributed by atoms with Crippen LogP contribution in [0.2, 0.25) is 0 Å². The van der Waals surface area contributed by atoms with Crippen molar-refractivity contribution in [3.05, 3.63) is 24.3 Å². The maximum Gasteiger partial charge on any atom is 0.143 e. The number of rotatable bonds is 1. The summed E-state index contributed by atoms with van der Waals surface area (Å²) in [5.74, 6) is 1.21. The molecule has 0 aromatic carbocycles. The van der Waals surface area contributed by atoms with Crippen LogP contribution >= 0.6 is 0 Å². The summed E-state index contributed by atoms with van der Waals surface area (Å²) >= 11 is 0. The van der Waals surface area contributed by atoms with Crippen LogP contribution in [-0.4, -0.2) is 31.2 Å². The van der Waals surface area contributed by atoms with Gasteiger partial charge in [-0.05, 0) is 11.8 Å². The highest BCUT2D eigenvalue weighted by molar-refractivity contribution is 5.45. The third-order valence-corrected chi connectivity index (χ3v) is 3.45. The molecule has 2 aliphatic heterocycles. The van der Waals surface area contributed by atoms with Crippen molar-refractivity contribution >= 4 is 5.69 Å². The van der Waals surface area contributed by atoms with E-state index in [2.05, 4.69) is 15.2 Å². The minimum Gasteiger partial charge on any atom is -0.370 e. The number of hydrogen-bond donors (Lipinski definition) is 1. The second-order valence-corrected chi connectivity index (χ2v) is 4.44. The van der Waals surface area contributed by atoms with Crippen LogP contribution in [0.25, 0.3) is 0 Å². The molecule has 4 heteroatoms. The summed E-state index contributed by atoms with van der Waals surface area (Å²) in [6.45, 7) is 4.26. The van der Waals surface area contributed by atoms with Gasteiger partial charge in [0.25, 0.3) is 0 Å². The Labute approximate surface area is 88.3 Å². The highest BCUT2D eigenvalue weighted by atomic mass is 19.1. The fourth-order valence-corrected chi connectivity index (χ4v) is 2.64. The van der Waals surface area contributed by atoms with Crippen LogP contribution < -0.4 is 10.2 Å². The summed E-state index contributed by atoms with van der Waals surface area (Å²) in [5.41, 5.74) is 0.921. The Morgan fingerprint density at radius 3 is 2.67 bits per heavy atom. The van der Waals surface area contributed by atoms with E-state index in [9.17, 15) is 4.39 Å². The molecule has 1 aromatic heterocycles. The molecule has 0 saturated carbocycles. The Balaban J connectivity index is 1.79. The number of pyridine rings is 1. The molecule has 1 aromatic rings. The van der Waals surface area contributed by atoms with Crippen molar-refractivity contribution in [3.8, 4) is 0 Å². The smallest absolute Gasteiger partial charge is 0.143 e. The van der Waals surface area contributed by atoms with Gasteiger partial charge in [0.2, 0.25) is 0 Å². The lowest BCUT2D eigenvalue weighted by Crippen LogP contribution is -2.25. The molecule has 2 fully saturated rings. The number of hydrogen-bond acceptors (Lipinski definition) is 3. The van der Waals surface area contributed by atoms with Gasteiger partial charge in [-0.1, -0.05) is 0 Å². The Morgan fingerprint density at radius 2 is 2.00 bits per heavy atom. The topological polar surface area (TPSA) is 28.2 Å². The highest BCUT2D eigenvalue weighted by Crippen LogP contribution is 2.30. The van der Waals surface area contributed by atoms with Gasteiger partial charge < -0.3 is 10.2 Å². The van der Waals surface area contributed by atoms with Gasteiger partial charge in [-0.2, -0.15) is 0 Å². The van der Waals surface area contributed by atoms with E-state index < -0.39 is 0 Å². The number of aromatic nitrogens is 1. The predicted molar refractivity (Wildman–Crippen MR) is 56.3 cm³/mol. The summed E-state index contributed by atoms with van der Waals surface area (Å²) in [5, 5.41) is 3.39. The van der Waals surface area contributed by atoms with E-state index in [0.29, 0.717) is 0 Å². The van der Waals surface area contributed by atoms with Gasteiger partial charge in [-0.3, -0.25) is 4.98 Å². The first kappa shape index (κ1) is 9.09. The van der Waals surface area contributed by atoms with E-state index in [-0.39, 0.29) is 5.82 Å². The molecule has 0 amide bonds. The van der Waals surface area contributed by atoms with Crippen molar-refractivity contribution in [3.63, 3.8) is 0 Å². The first-order valence-electron chi connectivity index (χ1n) is 5.39. The van der Waals surface area contributed by atoms with Crippen LogP contribution in [0.15, 0.2) is 18.5 Å². The van der Waals surface area contributed by atoms with Gasteiger partial charge in [-0.25, -0.2) is 4.39 Å². The average molecular weight is 207 g/mol. The molecule has 0 spiro atoms. The first-order chi connectivity index (χ1) is 7.33. The Hall–Kier alpha value is -1.16. The van der Waals surface area contributed by atoms with E-state index >= 15 is 0 Å². The monoisotopic (exact) mass is 207 g/mol. The molecule has 3 rings (SSSR count). The summed E-state index contributed by atoms with van der Waals surface area (Å²) in [4.78, 5) is 6.13. The lowest BCUT2D eigenvalue weighted by molar-refractivity contribution is 0.533. The quantitative estimate of drug-likeness (QED) is 0.741. The molecule has 0 unspecified atom stereocenters. The van der Waals surface area contributed by atoms with Gasteiger partial charge in [0, 0.05) is 32.2 Å². The second-order valence-electron chi connectivity index (χ2n) is 4.44. The van der Waals surface area contributed by atoms with Crippen LogP contribution in [0.3, 0.4) is 0 Å². The molecular weight excluding hydrogens is 193 g/mol. The van der Waals surface area contributed by atoms with Gasteiger partial charge >= 0.3 is 0 Å². The lowest BCUT2D eigenvalue weighted by Gasteiger charge is -2.18. The molecule has 0 bridgehead atoms. The zero-order valence-corrected chi connectivity index (χ0v) is 8.49. The van der Waals surface area contributed by atoms with Gasteiger partial charge in [0.05, 0.1) is 18.1 Å². The van der Waals surface area contributed by atoms with Crippen molar-refractivity contribution in [2.24, 2.45) is 11.8 Å². The van der Waals surface area contributed by atoms with E-state index in [0.717, 1.165) is 43.7 Å².